The highest BCUT2D eigenvalue weighted by Gasteiger charge is 2.07. The van der Waals surface area contributed by atoms with E-state index in [2.05, 4.69) is 37.4 Å². The Morgan fingerprint density at radius 3 is 2.50 bits per heavy atom. The van der Waals surface area contributed by atoms with E-state index >= 15 is 0 Å². The molecule has 0 heterocycles. The SMILES string of the molecule is CSc1cccc(CC(C)c2ccc(F)cc2)c1. The summed E-state index contributed by atoms with van der Waals surface area (Å²) in [5.74, 6) is 0.234. The van der Waals surface area contributed by atoms with E-state index in [0.717, 1.165) is 6.42 Å². The van der Waals surface area contributed by atoms with E-state index in [0.29, 0.717) is 5.92 Å². The van der Waals surface area contributed by atoms with Gasteiger partial charge in [0.1, 0.15) is 5.82 Å². The number of benzene rings is 2. The molecular formula is C16H17FS. The van der Waals surface area contributed by atoms with Gasteiger partial charge in [-0.2, -0.15) is 0 Å². The Kier molecular flexibility index (Phi) is 4.43. The summed E-state index contributed by atoms with van der Waals surface area (Å²) in [6.45, 7) is 2.18. The van der Waals surface area contributed by atoms with Crippen LogP contribution >= 0.6 is 11.8 Å². The molecule has 0 aromatic heterocycles. The molecule has 0 bridgehead atoms. The van der Waals surface area contributed by atoms with E-state index in [9.17, 15) is 4.39 Å². The van der Waals surface area contributed by atoms with Crippen molar-refractivity contribution in [1.82, 2.24) is 0 Å². The smallest absolute Gasteiger partial charge is 0.123 e. The molecule has 0 amide bonds. The third-order valence-electron chi connectivity index (χ3n) is 3.12. The molecule has 0 saturated carbocycles. The summed E-state index contributed by atoms with van der Waals surface area (Å²) in [5.41, 5.74) is 2.52. The van der Waals surface area contributed by atoms with Crippen LogP contribution in [0.25, 0.3) is 0 Å². The first-order valence-corrected chi connectivity index (χ1v) is 7.30. The van der Waals surface area contributed by atoms with Crippen molar-refractivity contribution >= 4 is 11.8 Å². The monoisotopic (exact) mass is 260 g/mol. The molecule has 1 atom stereocenters. The zero-order valence-corrected chi connectivity index (χ0v) is 11.5. The molecule has 0 N–H and O–H groups in total. The van der Waals surface area contributed by atoms with Crippen molar-refractivity contribution in [1.29, 1.82) is 0 Å². The number of thioether (sulfide) groups is 1. The largest absolute Gasteiger partial charge is 0.207 e. The average molecular weight is 260 g/mol. The molecule has 0 aliphatic heterocycles. The van der Waals surface area contributed by atoms with Crippen molar-refractivity contribution in [3.63, 3.8) is 0 Å². The molecule has 0 saturated heterocycles. The van der Waals surface area contributed by atoms with E-state index < -0.39 is 0 Å². The third-order valence-corrected chi connectivity index (χ3v) is 3.84. The van der Waals surface area contributed by atoms with Crippen molar-refractivity contribution in [2.45, 2.75) is 24.2 Å². The molecule has 0 nitrogen and oxygen atoms in total. The molecule has 18 heavy (non-hydrogen) atoms. The second-order valence-electron chi connectivity index (χ2n) is 4.51. The summed E-state index contributed by atoms with van der Waals surface area (Å²) >= 11 is 1.76. The van der Waals surface area contributed by atoms with E-state index in [-0.39, 0.29) is 5.82 Å². The molecule has 2 heteroatoms. The first-order valence-electron chi connectivity index (χ1n) is 6.07. The minimum Gasteiger partial charge on any atom is -0.207 e. The third kappa shape index (κ3) is 3.36. The minimum absolute atomic E-state index is 0.171. The molecular weight excluding hydrogens is 243 g/mol. The molecule has 0 spiro atoms. The molecule has 0 aliphatic rings. The summed E-state index contributed by atoms with van der Waals surface area (Å²) in [5, 5.41) is 0. The Hall–Kier alpha value is -1.28. The lowest BCUT2D eigenvalue weighted by Crippen LogP contribution is -1.98. The van der Waals surface area contributed by atoms with Crippen LogP contribution in [0.5, 0.6) is 0 Å². The Balaban J connectivity index is 2.10. The summed E-state index contributed by atoms with van der Waals surface area (Å²) in [6, 6.07) is 15.4. The summed E-state index contributed by atoms with van der Waals surface area (Å²) < 4.78 is 12.9. The first-order chi connectivity index (χ1) is 8.69. The minimum atomic E-state index is -0.171. The van der Waals surface area contributed by atoms with Crippen LogP contribution in [0.3, 0.4) is 0 Å². The maximum atomic E-state index is 12.9. The normalized spacial score (nSPS) is 12.4. The summed E-state index contributed by atoms with van der Waals surface area (Å²) in [7, 11) is 0. The predicted molar refractivity (Wildman–Crippen MR) is 76.7 cm³/mol. The molecule has 2 aromatic carbocycles. The quantitative estimate of drug-likeness (QED) is 0.705. The standard InChI is InChI=1S/C16H17FS/c1-12(14-6-8-15(17)9-7-14)10-13-4-3-5-16(11-13)18-2/h3-9,11-12H,10H2,1-2H3. The van der Waals surface area contributed by atoms with Crippen LogP contribution in [0, 0.1) is 5.82 Å². The van der Waals surface area contributed by atoms with Gasteiger partial charge < -0.3 is 0 Å². The maximum absolute atomic E-state index is 12.9. The maximum Gasteiger partial charge on any atom is 0.123 e. The van der Waals surface area contributed by atoms with E-state index in [1.54, 1.807) is 11.8 Å². The zero-order chi connectivity index (χ0) is 13.0. The van der Waals surface area contributed by atoms with Crippen LogP contribution in [0.4, 0.5) is 4.39 Å². The summed E-state index contributed by atoms with van der Waals surface area (Å²) in [6.07, 6.45) is 3.07. The second-order valence-corrected chi connectivity index (χ2v) is 5.39. The van der Waals surface area contributed by atoms with Crippen molar-refractivity contribution in [2.75, 3.05) is 6.26 Å². The fraction of sp³-hybridized carbons (Fsp3) is 0.250. The Bertz CT molecular complexity index is 505. The van der Waals surface area contributed by atoms with Crippen LogP contribution in [0.15, 0.2) is 53.4 Å². The highest BCUT2D eigenvalue weighted by Crippen LogP contribution is 2.23. The Morgan fingerprint density at radius 2 is 1.83 bits per heavy atom. The molecule has 0 fully saturated rings. The van der Waals surface area contributed by atoms with Crippen molar-refractivity contribution in [3.8, 4) is 0 Å². The molecule has 2 aromatic rings. The summed E-state index contributed by atoms with van der Waals surface area (Å²) in [4.78, 5) is 1.29. The fourth-order valence-corrected chi connectivity index (χ4v) is 2.55. The highest BCUT2D eigenvalue weighted by atomic mass is 32.2. The lowest BCUT2D eigenvalue weighted by atomic mass is 9.94. The molecule has 2 rings (SSSR count). The van der Waals surface area contributed by atoms with Gasteiger partial charge in [0, 0.05) is 4.90 Å². The van der Waals surface area contributed by atoms with Crippen LogP contribution in [-0.2, 0) is 6.42 Å². The molecule has 0 radical (unpaired) electrons. The van der Waals surface area contributed by atoms with E-state index in [4.69, 9.17) is 0 Å². The average Bonchev–Trinajstić information content (AvgIpc) is 2.39. The van der Waals surface area contributed by atoms with Crippen LogP contribution < -0.4 is 0 Å². The van der Waals surface area contributed by atoms with Gasteiger partial charge in [0.25, 0.3) is 0 Å². The van der Waals surface area contributed by atoms with Gasteiger partial charge >= 0.3 is 0 Å². The fourth-order valence-electron chi connectivity index (χ4n) is 2.06. The van der Waals surface area contributed by atoms with Gasteiger partial charge in [0.05, 0.1) is 0 Å². The number of hydrogen-bond donors (Lipinski definition) is 0. The van der Waals surface area contributed by atoms with E-state index in [1.165, 1.54) is 28.2 Å². The molecule has 1 unspecified atom stereocenters. The van der Waals surface area contributed by atoms with E-state index in [1.807, 2.05) is 12.1 Å². The predicted octanol–water partition coefficient (Wildman–Crippen LogP) is 4.89. The lowest BCUT2D eigenvalue weighted by molar-refractivity contribution is 0.625. The molecule has 0 aliphatic carbocycles. The highest BCUT2D eigenvalue weighted by molar-refractivity contribution is 7.98. The molecule has 94 valence electrons. The lowest BCUT2D eigenvalue weighted by Gasteiger charge is -2.12. The van der Waals surface area contributed by atoms with Crippen molar-refractivity contribution < 1.29 is 4.39 Å². The van der Waals surface area contributed by atoms with Crippen molar-refractivity contribution in [3.05, 3.63) is 65.5 Å². The van der Waals surface area contributed by atoms with Gasteiger partial charge in [0.15, 0.2) is 0 Å². The van der Waals surface area contributed by atoms with Gasteiger partial charge in [-0.05, 0) is 54.0 Å². The first kappa shape index (κ1) is 13.2. The van der Waals surface area contributed by atoms with Crippen LogP contribution in [0.1, 0.15) is 24.0 Å². The topological polar surface area (TPSA) is 0 Å². The number of hydrogen-bond acceptors (Lipinski definition) is 1. The number of rotatable bonds is 4. The van der Waals surface area contributed by atoms with Gasteiger partial charge in [-0.1, -0.05) is 31.2 Å². The van der Waals surface area contributed by atoms with Gasteiger partial charge in [0.2, 0.25) is 0 Å². The van der Waals surface area contributed by atoms with Crippen molar-refractivity contribution in [2.24, 2.45) is 0 Å². The van der Waals surface area contributed by atoms with Crippen LogP contribution in [-0.4, -0.2) is 6.26 Å². The second kappa shape index (κ2) is 6.05. The van der Waals surface area contributed by atoms with Gasteiger partial charge in [-0.25, -0.2) is 4.39 Å². The zero-order valence-electron chi connectivity index (χ0n) is 10.7. The van der Waals surface area contributed by atoms with Crippen LogP contribution in [0.2, 0.25) is 0 Å². The van der Waals surface area contributed by atoms with Gasteiger partial charge in [-0.3, -0.25) is 0 Å². The van der Waals surface area contributed by atoms with Gasteiger partial charge in [-0.15, -0.1) is 11.8 Å². The number of halogens is 1. The Morgan fingerprint density at radius 1 is 1.11 bits per heavy atom. The Labute approximate surface area is 112 Å².